The fourth-order valence-corrected chi connectivity index (χ4v) is 4.06. The highest BCUT2D eigenvalue weighted by atomic mass is 127. The summed E-state index contributed by atoms with van der Waals surface area (Å²) in [5.41, 5.74) is 4.12. The number of guanidine groups is 1. The van der Waals surface area contributed by atoms with Crippen molar-refractivity contribution in [3.05, 3.63) is 87.4 Å². The lowest BCUT2D eigenvalue weighted by Crippen LogP contribution is -2.38. The second-order valence-electron chi connectivity index (χ2n) is 7.37. The van der Waals surface area contributed by atoms with E-state index in [0.29, 0.717) is 12.1 Å². The summed E-state index contributed by atoms with van der Waals surface area (Å²) >= 11 is 1.70. The van der Waals surface area contributed by atoms with Gasteiger partial charge in [-0.25, -0.2) is 9.98 Å². The van der Waals surface area contributed by atoms with Crippen molar-refractivity contribution >= 4 is 47.2 Å². The third kappa shape index (κ3) is 9.13. The molecule has 0 bridgehead atoms. The lowest BCUT2D eigenvalue weighted by molar-refractivity contribution is 0.0963. The molecule has 0 saturated heterocycles. The molecule has 0 saturated carbocycles. The SMILES string of the molecule is CCNC(=NCc1csc(CCc2ccccc2)n1)NCCc1cccc(C(=O)NC)c1.I. The minimum absolute atomic E-state index is 0. The lowest BCUT2D eigenvalue weighted by Gasteiger charge is -2.11. The second kappa shape index (κ2) is 14.6. The average molecular weight is 578 g/mol. The Hall–Kier alpha value is -2.46. The number of rotatable bonds is 10. The number of halogens is 1. The summed E-state index contributed by atoms with van der Waals surface area (Å²) in [4.78, 5) is 21.2. The van der Waals surface area contributed by atoms with E-state index in [4.69, 9.17) is 4.98 Å². The largest absolute Gasteiger partial charge is 0.357 e. The summed E-state index contributed by atoms with van der Waals surface area (Å²) < 4.78 is 0. The van der Waals surface area contributed by atoms with E-state index in [1.165, 1.54) is 5.56 Å². The average Bonchev–Trinajstić information content (AvgIpc) is 3.29. The van der Waals surface area contributed by atoms with E-state index >= 15 is 0 Å². The van der Waals surface area contributed by atoms with Gasteiger partial charge in [0.2, 0.25) is 0 Å². The first-order valence-corrected chi connectivity index (χ1v) is 11.9. The number of aryl methyl sites for hydroxylation is 2. The van der Waals surface area contributed by atoms with Crippen molar-refractivity contribution in [1.82, 2.24) is 20.9 Å². The van der Waals surface area contributed by atoms with Crippen molar-refractivity contribution in [3.63, 3.8) is 0 Å². The Morgan fingerprint density at radius 3 is 2.55 bits per heavy atom. The molecule has 1 aromatic heterocycles. The first-order valence-electron chi connectivity index (χ1n) is 11.0. The van der Waals surface area contributed by atoms with Crippen LogP contribution in [0.5, 0.6) is 0 Å². The summed E-state index contributed by atoms with van der Waals surface area (Å²) in [6.07, 6.45) is 2.75. The van der Waals surface area contributed by atoms with Crippen LogP contribution < -0.4 is 16.0 Å². The van der Waals surface area contributed by atoms with Crippen LogP contribution in [0.15, 0.2) is 65.0 Å². The van der Waals surface area contributed by atoms with Gasteiger partial charge in [0.25, 0.3) is 5.91 Å². The maximum absolute atomic E-state index is 11.8. The van der Waals surface area contributed by atoms with Crippen molar-refractivity contribution < 1.29 is 4.79 Å². The van der Waals surface area contributed by atoms with Gasteiger partial charge in [0, 0.05) is 37.5 Å². The Bertz CT molecular complexity index is 1020. The molecule has 2 aromatic carbocycles. The summed E-state index contributed by atoms with van der Waals surface area (Å²) in [6, 6.07) is 18.2. The number of nitrogens with zero attached hydrogens (tertiary/aromatic N) is 2. The van der Waals surface area contributed by atoms with Crippen molar-refractivity contribution in [3.8, 4) is 0 Å². The number of amides is 1. The molecule has 0 atom stereocenters. The van der Waals surface area contributed by atoms with Gasteiger partial charge < -0.3 is 16.0 Å². The standard InChI is InChI=1S/C25H31N5OS.HI/c1-3-27-25(28-15-14-20-10-7-11-21(16-20)24(31)26-2)29-17-22-18-32-23(30-22)13-12-19-8-5-4-6-9-19;/h4-11,16,18H,3,12-15,17H2,1-2H3,(H,26,31)(H2,27,28,29);1H. The van der Waals surface area contributed by atoms with Gasteiger partial charge in [-0.2, -0.15) is 0 Å². The number of hydrogen-bond donors (Lipinski definition) is 3. The van der Waals surface area contributed by atoms with Crippen LogP contribution >= 0.6 is 35.3 Å². The minimum atomic E-state index is -0.0684. The molecule has 3 aromatic rings. The zero-order chi connectivity index (χ0) is 22.6. The van der Waals surface area contributed by atoms with Crippen LogP contribution in [0.1, 0.15) is 39.1 Å². The van der Waals surface area contributed by atoms with Gasteiger partial charge in [0.05, 0.1) is 17.2 Å². The summed E-state index contributed by atoms with van der Waals surface area (Å²) in [7, 11) is 1.64. The predicted molar refractivity (Wildman–Crippen MR) is 148 cm³/mol. The molecule has 0 fully saturated rings. The first-order chi connectivity index (χ1) is 15.7. The Labute approximate surface area is 217 Å². The monoisotopic (exact) mass is 577 g/mol. The molecule has 0 unspecified atom stereocenters. The number of aromatic nitrogens is 1. The highest BCUT2D eigenvalue weighted by Gasteiger charge is 2.06. The van der Waals surface area contributed by atoms with Crippen molar-refractivity contribution in [2.75, 3.05) is 20.1 Å². The Balaban J connectivity index is 0.00000385. The molecule has 0 radical (unpaired) electrons. The molecule has 1 heterocycles. The fourth-order valence-electron chi connectivity index (χ4n) is 3.27. The normalized spacial score (nSPS) is 10.9. The van der Waals surface area contributed by atoms with E-state index in [0.717, 1.165) is 54.6 Å². The molecule has 0 spiro atoms. The van der Waals surface area contributed by atoms with Gasteiger partial charge in [-0.1, -0.05) is 42.5 Å². The summed E-state index contributed by atoms with van der Waals surface area (Å²) in [5, 5.41) is 12.6. The predicted octanol–water partition coefficient (Wildman–Crippen LogP) is 4.20. The van der Waals surface area contributed by atoms with Crippen molar-refractivity contribution in [2.24, 2.45) is 4.99 Å². The van der Waals surface area contributed by atoms with E-state index in [9.17, 15) is 4.79 Å². The van der Waals surface area contributed by atoms with E-state index in [1.54, 1.807) is 18.4 Å². The second-order valence-corrected chi connectivity index (χ2v) is 8.31. The van der Waals surface area contributed by atoms with E-state index < -0.39 is 0 Å². The van der Waals surface area contributed by atoms with Gasteiger partial charge >= 0.3 is 0 Å². The van der Waals surface area contributed by atoms with Crippen molar-refractivity contribution in [2.45, 2.75) is 32.7 Å². The number of carbonyl (C=O) groups is 1. The van der Waals surface area contributed by atoms with E-state index in [2.05, 4.69) is 57.5 Å². The topological polar surface area (TPSA) is 78.4 Å². The molecule has 3 N–H and O–H groups in total. The van der Waals surface area contributed by atoms with Crippen LogP contribution in [-0.4, -0.2) is 37.0 Å². The Morgan fingerprint density at radius 2 is 1.79 bits per heavy atom. The maximum Gasteiger partial charge on any atom is 0.251 e. The number of nitrogens with one attached hydrogen (secondary N) is 3. The van der Waals surface area contributed by atoms with Crippen LogP contribution in [-0.2, 0) is 25.8 Å². The third-order valence-electron chi connectivity index (χ3n) is 4.94. The quantitative estimate of drug-likeness (QED) is 0.192. The molecule has 3 rings (SSSR count). The number of thiazole rings is 1. The molecular formula is C25H32IN5OS. The van der Waals surface area contributed by atoms with Gasteiger partial charge in [0.15, 0.2) is 5.96 Å². The number of benzene rings is 2. The number of carbonyl (C=O) groups excluding carboxylic acids is 1. The highest BCUT2D eigenvalue weighted by Crippen LogP contribution is 2.14. The summed E-state index contributed by atoms with van der Waals surface area (Å²) in [6.45, 7) is 4.11. The molecule has 0 aliphatic heterocycles. The van der Waals surface area contributed by atoms with Gasteiger partial charge in [0.1, 0.15) is 0 Å². The van der Waals surface area contributed by atoms with Crippen LogP contribution in [0.25, 0.3) is 0 Å². The minimum Gasteiger partial charge on any atom is -0.357 e. The van der Waals surface area contributed by atoms with Gasteiger partial charge in [-0.05, 0) is 43.0 Å². The zero-order valence-electron chi connectivity index (χ0n) is 19.1. The van der Waals surface area contributed by atoms with E-state index in [1.807, 2.05) is 30.3 Å². The van der Waals surface area contributed by atoms with Crippen LogP contribution in [0, 0.1) is 0 Å². The molecule has 0 aliphatic rings. The zero-order valence-corrected chi connectivity index (χ0v) is 22.3. The van der Waals surface area contributed by atoms with E-state index in [-0.39, 0.29) is 29.9 Å². The maximum atomic E-state index is 11.8. The third-order valence-corrected chi connectivity index (χ3v) is 5.89. The molecule has 6 nitrogen and oxygen atoms in total. The lowest BCUT2D eigenvalue weighted by atomic mass is 10.1. The van der Waals surface area contributed by atoms with Crippen LogP contribution in [0.2, 0.25) is 0 Å². The molecular weight excluding hydrogens is 545 g/mol. The summed E-state index contributed by atoms with van der Waals surface area (Å²) in [5.74, 6) is 0.704. The van der Waals surface area contributed by atoms with Gasteiger partial charge in [-0.15, -0.1) is 35.3 Å². The molecule has 176 valence electrons. The molecule has 0 aliphatic carbocycles. The highest BCUT2D eigenvalue weighted by molar-refractivity contribution is 14.0. The molecule has 33 heavy (non-hydrogen) atoms. The fraction of sp³-hybridized carbons (Fsp3) is 0.320. The van der Waals surface area contributed by atoms with Gasteiger partial charge in [-0.3, -0.25) is 4.79 Å². The Morgan fingerprint density at radius 1 is 1.00 bits per heavy atom. The number of aliphatic imine (C=N–C) groups is 1. The van der Waals surface area contributed by atoms with Crippen LogP contribution in [0.3, 0.4) is 0 Å². The first kappa shape index (κ1) is 26.8. The molecule has 8 heteroatoms. The van der Waals surface area contributed by atoms with Crippen LogP contribution in [0.4, 0.5) is 0 Å². The van der Waals surface area contributed by atoms with Crippen molar-refractivity contribution in [1.29, 1.82) is 0 Å². The smallest absolute Gasteiger partial charge is 0.251 e. The number of hydrogen-bond acceptors (Lipinski definition) is 4. The Kier molecular flexibility index (Phi) is 11.9. The molecule has 1 amide bonds.